The first-order chi connectivity index (χ1) is 12.4. The Morgan fingerprint density at radius 2 is 1.43 bits per heavy atom. The summed E-state index contributed by atoms with van der Waals surface area (Å²) in [7, 11) is 6.85. The van der Waals surface area contributed by atoms with Crippen molar-refractivity contribution in [2.75, 3.05) is 7.11 Å². The van der Waals surface area contributed by atoms with Gasteiger partial charge in [-0.1, -0.05) is 29.7 Å². The second kappa shape index (κ2) is 12.2. The van der Waals surface area contributed by atoms with Gasteiger partial charge < -0.3 is 20.7 Å². The summed E-state index contributed by atoms with van der Waals surface area (Å²) in [6.45, 7) is 11.6. The highest BCUT2D eigenvalue weighted by molar-refractivity contribution is 6.32. The fraction of sp³-hybridized carbons (Fsp3) is 0.650. The number of carbonyl (C=O) groups excluding carboxylic acids is 1. The highest BCUT2D eigenvalue weighted by Gasteiger charge is 2.31. The summed E-state index contributed by atoms with van der Waals surface area (Å²) in [4.78, 5) is 14.9. The van der Waals surface area contributed by atoms with Gasteiger partial charge in [-0.3, -0.25) is 10.1 Å². The first kappa shape index (κ1) is 28.8. The van der Waals surface area contributed by atoms with Crippen LogP contribution < -0.4 is 11.2 Å². The topological polar surface area (TPSA) is 122 Å². The molecule has 0 saturated carbocycles. The summed E-state index contributed by atoms with van der Waals surface area (Å²) in [5, 5.41) is 26.1. The van der Waals surface area contributed by atoms with Crippen molar-refractivity contribution < 1.29 is 31.3 Å². The van der Waals surface area contributed by atoms with Crippen LogP contribution in [-0.2, 0) is 20.8 Å². The Balaban J connectivity index is -0.000000386. The molecular formula is C20H38BNO6. The van der Waals surface area contributed by atoms with E-state index in [4.69, 9.17) is 29.1 Å². The van der Waals surface area contributed by atoms with Crippen molar-refractivity contribution in [3.63, 3.8) is 0 Å². The van der Waals surface area contributed by atoms with E-state index in [9.17, 15) is 4.79 Å². The minimum absolute atomic E-state index is 0. The molecule has 2 radical (unpaired) electrons. The molecule has 0 aliphatic heterocycles. The molecule has 0 aliphatic carbocycles. The molecule has 28 heavy (non-hydrogen) atoms. The molecule has 162 valence electrons. The van der Waals surface area contributed by atoms with Gasteiger partial charge in [-0.2, -0.15) is 0 Å². The van der Waals surface area contributed by atoms with Crippen molar-refractivity contribution in [3.05, 3.63) is 29.8 Å². The van der Waals surface area contributed by atoms with Crippen LogP contribution in [0.1, 0.15) is 55.5 Å². The van der Waals surface area contributed by atoms with Crippen LogP contribution in [0.25, 0.3) is 0 Å². The van der Waals surface area contributed by atoms with E-state index in [-0.39, 0.29) is 1.43 Å². The standard InChI is InChI=1S/C10H12BNO2.C6H14O2.C4H10O2.H2/c1-14-10(13)9(12)6-7-2-4-8(11)5-3-7;1-5(2,7)6(3,4)8;1-4(2,3)6-5;/h2-5,9H,6,12H2,1H3;7-8H,1-4H3;5H,1-3H3;1H/t9-;;;/m0.../s1. The monoisotopic (exact) mass is 399 g/mol. The lowest BCUT2D eigenvalue weighted by Crippen LogP contribution is -2.44. The normalized spacial score (nSPS) is 12.7. The summed E-state index contributed by atoms with van der Waals surface area (Å²) in [6.07, 6.45) is 0.465. The van der Waals surface area contributed by atoms with Crippen molar-refractivity contribution in [1.29, 1.82) is 0 Å². The van der Waals surface area contributed by atoms with Gasteiger partial charge in [-0.05, 0) is 60.5 Å². The summed E-state index contributed by atoms with van der Waals surface area (Å²) in [5.74, 6) is -0.401. The van der Waals surface area contributed by atoms with E-state index in [0.29, 0.717) is 11.9 Å². The molecule has 0 unspecified atom stereocenters. The lowest BCUT2D eigenvalue weighted by molar-refractivity contribution is -0.306. The molecule has 0 saturated heterocycles. The molecule has 0 aromatic heterocycles. The summed E-state index contributed by atoms with van der Waals surface area (Å²) in [5.41, 5.74) is 4.84. The van der Waals surface area contributed by atoms with Crippen molar-refractivity contribution in [2.45, 2.75) is 77.7 Å². The average Bonchev–Trinajstić information content (AvgIpc) is 2.54. The van der Waals surface area contributed by atoms with Crippen molar-refractivity contribution in [3.8, 4) is 0 Å². The number of hydrogen-bond donors (Lipinski definition) is 4. The average molecular weight is 399 g/mol. The van der Waals surface area contributed by atoms with Gasteiger partial charge in [0.05, 0.1) is 23.9 Å². The van der Waals surface area contributed by atoms with E-state index >= 15 is 0 Å². The van der Waals surface area contributed by atoms with Gasteiger partial charge in [0.25, 0.3) is 0 Å². The third-order valence-electron chi connectivity index (χ3n) is 3.71. The van der Waals surface area contributed by atoms with Gasteiger partial charge in [0.15, 0.2) is 0 Å². The molecule has 1 aromatic carbocycles. The van der Waals surface area contributed by atoms with E-state index in [1.807, 2.05) is 12.1 Å². The molecule has 1 aromatic rings. The number of aliphatic hydroxyl groups is 2. The number of methoxy groups -OCH3 is 1. The predicted molar refractivity (Wildman–Crippen MR) is 114 cm³/mol. The molecule has 0 spiro atoms. The minimum Gasteiger partial charge on any atom is -0.468 e. The summed E-state index contributed by atoms with van der Waals surface area (Å²) >= 11 is 0. The molecule has 8 heteroatoms. The van der Waals surface area contributed by atoms with E-state index < -0.39 is 28.8 Å². The third-order valence-corrected chi connectivity index (χ3v) is 3.71. The first-order valence-electron chi connectivity index (χ1n) is 8.89. The smallest absolute Gasteiger partial charge is 0.322 e. The molecule has 5 N–H and O–H groups in total. The number of ether oxygens (including phenoxy) is 1. The van der Waals surface area contributed by atoms with Gasteiger partial charge in [0.2, 0.25) is 0 Å². The van der Waals surface area contributed by atoms with Crippen LogP contribution in [0.5, 0.6) is 0 Å². The van der Waals surface area contributed by atoms with Crippen LogP contribution in [0.3, 0.4) is 0 Å². The lowest BCUT2D eigenvalue weighted by atomic mass is 9.90. The van der Waals surface area contributed by atoms with E-state index in [2.05, 4.69) is 9.62 Å². The van der Waals surface area contributed by atoms with Crippen LogP contribution >= 0.6 is 0 Å². The third kappa shape index (κ3) is 14.6. The molecule has 0 bridgehead atoms. The highest BCUT2D eigenvalue weighted by atomic mass is 17.1. The van der Waals surface area contributed by atoms with E-state index in [1.54, 1.807) is 60.6 Å². The number of benzene rings is 1. The Kier molecular flexibility index (Phi) is 12.5. The molecule has 0 aliphatic rings. The molecular weight excluding hydrogens is 361 g/mol. The van der Waals surface area contributed by atoms with Crippen LogP contribution in [-0.4, -0.2) is 59.2 Å². The molecule has 0 fully saturated rings. The second-order valence-corrected chi connectivity index (χ2v) is 8.40. The van der Waals surface area contributed by atoms with Crippen LogP contribution in [0, 0.1) is 0 Å². The largest absolute Gasteiger partial charge is 0.468 e. The van der Waals surface area contributed by atoms with Gasteiger partial charge in [-0.15, -0.1) is 0 Å². The number of esters is 1. The zero-order chi connectivity index (χ0) is 22.8. The quantitative estimate of drug-likeness (QED) is 0.262. The van der Waals surface area contributed by atoms with Crippen molar-refractivity contribution >= 4 is 19.3 Å². The SMILES string of the molecule is CC(C)(C)OO.CC(C)(O)C(C)(C)O.[B]c1ccc(C[C@H](N)C(=O)OC)cc1.[HH]. The molecule has 0 amide bonds. The highest BCUT2D eigenvalue weighted by Crippen LogP contribution is 2.19. The fourth-order valence-corrected chi connectivity index (χ4v) is 1.14. The molecule has 1 atom stereocenters. The Labute approximate surface area is 171 Å². The fourth-order valence-electron chi connectivity index (χ4n) is 1.14. The Bertz CT molecular complexity index is 550. The van der Waals surface area contributed by atoms with Gasteiger partial charge in [0.1, 0.15) is 13.9 Å². The van der Waals surface area contributed by atoms with Crippen molar-refractivity contribution in [2.24, 2.45) is 5.73 Å². The molecule has 1 rings (SSSR count). The zero-order valence-corrected chi connectivity index (χ0v) is 18.3. The number of hydrogen-bond acceptors (Lipinski definition) is 7. The first-order valence-corrected chi connectivity index (χ1v) is 8.89. The van der Waals surface area contributed by atoms with Crippen LogP contribution in [0.2, 0.25) is 0 Å². The minimum atomic E-state index is -1.01. The Morgan fingerprint density at radius 3 is 1.68 bits per heavy atom. The van der Waals surface area contributed by atoms with E-state index in [0.717, 1.165) is 5.56 Å². The van der Waals surface area contributed by atoms with Crippen molar-refractivity contribution in [1.82, 2.24) is 0 Å². The van der Waals surface area contributed by atoms with E-state index in [1.165, 1.54) is 7.11 Å². The van der Waals surface area contributed by atoms with Gasteiger partial charge >= 0.3 is 5.97 Å². The lowest BCUT2D eigenvalue weighted by Gasteiger charge is -2.31. The van der Waals surface area contributed by atoms with Gasteiger partial charge in [0, 0.05) is 1.43 Å². The van der Waals surface area contributed by atoms with Crippen LogP contribution in [0.4, 0.5) is 0 Å². The number of carbonyl (C=O) groups is 1. The Hall–Kier alpha value is -1.45. The maximum absolute atomic E-state index is 11.0. The zero-order valence-electron chi connectivity index (χ0n) is 18.3. The summed E-state index contributed by atoms with van der Waals surface area (Å²) in [6, 6.07) is 6.64. The number of rotatable bonds is 4. The maximum atomic E-state index is 11.0. The van der Waals surface area contributed by atoms with Gasteiger partial charge in [-0.25, -0.2) is 4.89 Å². The molecule has 7 nitrogen and oxygen atoms in total. The molecule has 0 heterocycles. The Morgan fingerprint density at radius 1 is 1.07 bits per heavy atom. The van der Waals surface area contributed by atoms with Crippen LogP contribution in [0.15, 0.2) is 24.3 Å². The maximum Gasteiger partial charge on any atom is 0.322 e. The number of nitrogens with two attached hydrogens (primary N) is 1. The second-order valence-electron chi connectivity index (χ2n) is 8.40. The predicted octanol–water partition coefficient (Wildman–Crippen LogP) is 1.57. The summed E-state index contributed by atoms with van der Waals surface area (Å²) < 4.78 is 4.52.